The first-order valence-corrected chi connectivity index (χ1v) is 10.2. The number of nitrogens with zero attached hydrogens (tertiary/aromatic N) is 2. The van der Waals surface area contributed by atoms with Crippen LogP contribution in [0.1, 0.15) is 28.8 Å². The van der Waals surface area contributed by atoms with Crippen molar-refractivity contribution in [3.8, 4) is 0 Å². The lowest BCUT2D eigenvalue weighted by Gasteiger charge is -2.22. The van der Waals surface area contributed by atoms with Crippen LogP contribution in [0.25, 0.3) is 0 Å². The average molecular weight is 411 g/mol. The van der Waals surface area contributed by atoms with Crippen molar-refractivity contribution in [1.29, 1.82) is 0 Å². The molecule has 2 aromatic rings. The van der Waals surface area contributed by atoms with E-state index >= 15 is 0 Å². The van der Waals surface area contributed by atoms with Gasteiger partial charge in [0, 0.05) is 39.1 Å². The molecule has 1 heterocycles. The number of benzene rings is 2. The van der Waals surface area contributed by atoms with Gasteiger partial charge >= 0.3 is 0 Å². The van der Waals surface area contributed by atoms with Gasteiger partial charge in [0.1, 0.15) is 5.82 Å². The summed E-state index contributed by atoms with van der Waals surface area (Å²) >= 11 is 0. The van der Waals surface area contributed by atoms with Crippen LogP contribution in [-0.4, -0.2) is 60.2 Å². The van der Waals surface area contributed by atoms with E-state index in [9.17, 15) is 18.8 Å². The summed E-state index contributed by atoms with van der Waals surface area (Å²) in [5, 5.41) is 2.78. The number of halogens is 1. The second kappa shape index (κ2) is 10.5. The molecule has 30 heavy (non-hydrogen) atoms. The fourth-order valence-corrected chi connectivity index (χ4v) is 3.49. The van der Waals surface area contributed by atoms with Gasteiger partial charge in [-0.15, -0.1) is 0 Å². The minimum Gasteiger partial charge on any atom is -0.355 e. The summed E-state index contributed by atoms with van der Waals surface area (Å²) in [6, 6.07) is 15.4. The fraction of sp³-hybridized carbons (Fsp3) is 0.348. The lowest BCUT2D eigenvalue weighted by Crippen LogP contribution is -2.39. The van der Waals surface area contributed by atoms with E-state index in [1.54, 1.807) is 21.9 Å². The second-order valence-electron chi connectivity index (χ2n) is 7.27. The van der Waals surface area contributed by atoms with Gasteiger partial charge in [0.25, 0.3) is 5.91 Å². The van der Waals surface area contributed by atoms with E-state index in [0.717, 1.165) is 5.56 Å². The van der Waals surface area contributed by atoms with Crippen LogP contribution in [0.2, 0.25) is 0 Å². The summed E-state index contributed by atoms with van der Waals surface area (Å²) < 4.78 is 13.9. The molecule has 0 saturated carbocycles. The van der Waals surface area contributed by atoms with Crippen molar-refractivity contribution in [2.75, 3.05) is 32.7 Å². The van der Waals surface area contributed by atoms with Gasteiger partial charge < -0.3 is 15.1 Å². The van der Waals surface area contributed by atoms with Crippen molar-refractivity contribution in [2.24, 2.45) is 0 Å². The van der Waals surface area contributed by atoms with Crippen molar-refractivity contribution in [1.82, 2.24) is 15.1 Å². The molecular formula is C23H26FN3O3. The number of carbonyl (C=O) groups is 3. The second-order valence-corrected chi connectivity index (χ2v) is 7.27. The zero-order valence-corrected chi connectivity index (χ0v) is 16.9. The molecule has 1 N–H and O–H groups in total. The zero-order valence-electron chi connectivity index (χ0n) is 16.9. The average Bonchev–Trinajstić information content (AvgIpc) is 3.01. The molecule has 0 bridgehead atoms. The summed E-state index contributed by atoms with van der Waals surface area (Å²) in [5.74, 6) is -1.07. The third kappa shape index (κ3) is 5.89. The summed E-state index contributed by atoms with van der Waals surface area (Å²) in [7, 11) is 0. The maximum atomic E-state index is 13.9. The van der Waals surface area contributed by atoms with Crippen LogP contribution < -0.4 is 5.32 Å². The number of nitrogens with one attached hydrogen (secondary N) is 1. The number of carbonyl (C=O) groups excluding carboxylic acids is 3. The SMILES string of the molecule is O=C(Cc1ccccc1)NCCC(=O)N1CCCN(C(=O)c2ccccc2F)CC1. The number of hydrogen-bond acceptors (Lipinski definition) is 3. The number of amides is 3. The van der Waals surface area contributed by atoms with E-state index in [2.05, 4.69) is 5.32 Å². The van der Waals surface area contributed by atoms with Gasteiger partial charge in [-0.1, -0.05) is 42.5 Å². The molecule has 0 spiro atoms. The molecule has 0 unspecified atom stereocenters. The molecule has 0 aromatic heterocycles. The number of rotatable bonds is 6. The molecule has 6 nitrogen and oxygen atoms in total. The topological polar surface area (TPSA) is 69.7 Å². The monoisotopic (exact) mass is 411 g/mol. The van der Waals surface area contributed by atoms with Gasteiger partial charge in [-0.25, -0.2) is 4.39 Å². The van der Waals surface area contributed by atoms with Crippen molar-refractivity contribution in [3.63, 3.8) is 0 Å². The molecule has 158 valence electrons. The van der Waals surface area contributed by atoms with Crippen LogP contribution in [0.15, 0.2) is 54.6 Å². The smallest absolute Gasteiger partial charge is 0.256 e. The first-order chi connectivity index (χ1) is 14.5. The molecule has 1 aliphatic rings. The Labute approximate surface area is 175 Å². The van der Waals surface area contributed by atoms with Crippen molar-refractivity contribution < 1.29 is 18.8 Å². The Balaban J connectivity index is 1.43. The maximum absolute atomic E-state index is 13.9. The van der Waals surface area contributed by atoms with Crippen LogP contribution in [0.4, 0.5) is 4.39 Å². The highest BCUT2D eigenvalue weighted by atomic mass is 19.1. The van der Waals surface area contributed by atoms with Crippen LogP contribution in [0, 0.1) is 5.82 Å². The Bertz CT molecular complexity index is 888. The van der Waals surface area contributed by atoms with E-state index in [-0.39, 0.29) is 42.7 Å². The largest absolute Gasteiger partial charge is 0.355 e. The lowest BCUT2D eigenvalue weighted by atomic mass is 10.1. The quantitative estimate of drug-likeness (QED) is 0.793. The molecule has 1 aliphatic heterocycles. The summed E-state index contributed by atoms with van der Waals surface area (Å²) in [6.07, 6.45) is 1.12. The molecule has 7 heteroatoms. The highest BCUT2D eigenvalue weighted by molar-refractivity contribution is 5.94. The van der Waals surface area contributed by atoms with E-state index in [1.807, 2.05) is 30.3 Å². The van der Waals surface area contributed by atoms with Crippen molar-refractivity contribution in [3.05, 3.63) is 71.5 Å². The predicted molar refractivity (Wildman–Crippen MR) is 111 cm³/mol. The van der Waals surface area contributed by atoms with E-state index in [1.165, 1.54) is 12.1 Å². The van der Waals surface area contributed by atoms with Crippen molar-refractivity contribution >= 4 is 17.7 Å². The molecule has 0 atom stereocenters. The Kier molecular flexibility index (Phi) is 7.54. The fourth-order valence-electron chi connectivity index (χ4n) is 3.49. The van der Waals surface area contributed by atoms with E-state index < -0.39 is 5.82 Å². The van der Waals surface area contributed by atoms with Crippen molar-refractivity contribution in [2.45, 2.75) is 19.3 Å². The lowest BCUT2D eigenvalue weighted by molar-refractivity contribution is -0.131. The van der Waals surface area contributed by atoms with Gasteiger partial charge in [-0.2, -0.15) is 0 Å². The highest BCUT2D eigenvalue weighted by Crippen LogP contribution is 2.13. The van der Waals surface area contributed by atoms with Crippen LogP contribution in [0.3, 0.4) is 0 Å². The minimum absolute atomic E-state index is 0.0541. The Morgan fingerprint density at radius 3 is 2.30 bits per heavy atom. The predicted octanol–water partition coefficient (Wildman–Crippen LogP) is 2.25. The molecule has 0 aliphatic carbocycles. The first kappa shape index (κ1) is 21.5. The molecule has 2 aromatic carbocycles. The maximum Gasteiger partial charge on any atom is 0.256 e. The summed E-state index contributed by atoms with van der Waals surface area (Å²) in [5.41, 5.74) is 0.979. The normalized spacial score (nSPS) is 14.2. The molecule has 1 saturated heterocycles. The van der Waals surface area contributed by atoms with Gasteiger partial charge in [-0.05, 0) is 24.1 Å². The van der Waals surface area contributed by atoms with Crippen LogP contribution >= 0.6 is 0 Å². The molecule has 1 fully saturated rings. The van der Waals surface area contributed by atoms with E-state index in [0.29, 0.717) is 32.6 Å². The highest BCUT2D eigenvalue weighted by Gasteiger charge is 2.24. The van der Waals surface area contributed by atoms with E-state index in [4.69, 9.17) is 0 Å². The Morgan fingerprint density at radius 2 is 1.53 bits per heavy atom. The third-order valence-corrected chi connectivity index (χ3v) is 5.11. The van der Waals surface area contributed by atoms with Crippen LogP contribution in [0.5, 0.6) is 0 Å². The standard InChI is InChI=1S/C23H26FN3O3/c24-20-10-5-4-9-19(20)23(30)27-14-6-13-26(15-16-27)22(29)11-12-25-21(28)17-18-7-2-1-3-8-18/h1-5,7-10H,6,11-17H2,(H,25,28). The van der Waals surface area contributed by atoms with Gasteiger partial charge in [0.15, 0.2) is 0 Å². The number of hydrogen-bond donors (Lipinski definition) is 1. The molecule has 3 rings (SSSR count). The summed E-state index contributed by atoms with van der Waals surface area (Å²) in [4.78, 5) is 40.4. The minimum atomic E-state index is -0.536. The Hall–Kier alpha value is -3.22. The molecule has 3 amide bonds. The molecule has 0 radical (unpaired) electrons. The zero-order chi connectivity index (χ0) is 21.3. The van der Waals surface area contributed by atoms with Gasteiger partial charge in [0.05, 0.1) is 12.0 Å². The summed E-state index contributed by atoms with van der Waals surface area (Å²) in [6.45, 7) is 2.05. The molecular weight excluding hydrogens is 385 g/mol. The van der Waals surface area contributed by atoms with Gasteiger partial charge in [0.2, 0.25) is 11.8 Å². The van der Waals surface area contributed by atoms with Gasteiger partial charge in [-0.3, -0.25) is 14.4 Å². The Morgan fingerprint density at radius 1 is 0.867 bits per heavy atom. The third-order valence-electron chi connectivity index (χ3n) is 5.11. The first-order valence-electron chi connectivity index (χ1n) is 10.2. The van der Waals surface area contributed by atoms with Crippen LogP contribution in [-0.2, 0) is 16.0 Å².